The fraction of sp³-hybridized carbons (Fsp3) is 0.643. The van der Waals surface area contributed by atoms with Gasteiger partial charge in [0.15, 0.2) is 0 Å². The van der Waals surface area contributed by atoms with Gasteiger partial charge in [0.05, 0.1) is 4.88 Å². The number of nitrogens with one attached hydrogen (secondary N) is 2. The van der Waals surface area contributed by atoms with Crippen LogP contribution in [-0.4, -0.2) is 25.5 Å². The van der Waals surface area contributed by atoms with Crippen LogP contribution in [0.15, 0.2) is 12.1 Å². The van der Waals surface area contributed by atoms with Crippen LogP contribution in [0.1, 0.15) is 40.7 Å². The average Bonchev–Trinajstić information content (AvgIpc) is 2.89. The van der Waals surface area contributed by atoms with E-state index in [4.69, 9.17) is 0 Å². The average molecular weight is 266 g/mol. The monoisotopic (exact) mass is 266 g/mol. The van der Waals surface area contributed by atoms with Crippen molar-refractivity contribution in [3.63, 3.8) is 0 Å². The third kappa shape index (κ3) is 3.82. The highest BCUT2D eigenvalue weighted by atomic mass is 32.1. The fourth-order valence-electron chi connectivity index (χ4n) is 2.34. The summed E-state index contributed by atoms with van der Waals surface area (Å²) in [6, 6.07) is 3.98. The minimum Gasteiger partial charge on any atom is -0.351 e. The first-order chi connectivity index (χ1) is 8.79. The maximum atomic E-state index is 11.9. The zero-order valence-corrected chi connectivity index (χ0v) is 11.8. The molecule has 1 aliphatic heterocycles. The summed E-state index contributed by atoms with van der Waals surface area (Å²) in [6.07, 6.45) is 4.65. The maximum absolute atomic E-state index is 11.9. The van der Waals surface area contributed by atoms with E-state index in [1.807, 2.05) is 12.1 Å². The predicted octanol–water partition coefficient (Wildman–Crippen LogP) is 2.43. The van der Waals surface area contributed by atoms with Gasteiger partial charge in [-0.25, -0.2) is 0 Å². The number of hydrogen-bond donors (Lipinski definition) is 2. The molecule has 1 aromatic rings. The number of amides is 1. The molecule has 1 atom stereocenters. The molecule has 1 unspecified atom stereocenters. The third-order valence-electron chi connectivity index (χ3n) is 3.47. The highest BCUT2D eigenvalue weighted by Gasteiger charge is 2.13. The summed E-state index contributed by atoms with van der Waals surface area (Å²) in [4.78, 5) is 14.0. The van der Waals surface area contributed by atoms with Gasteiger partial charge in [0.25, 0.3) is 5.91 Å². The summed E-state index contributed by atoms with van der Waals surface area (Å²) in [5, 5.41) is 6.43. The largest absolute Gasteiger partial charge is 0.351 e. The Kier molecular flexibility index (Phi) is 5.20. The Morgan fingerprint density at radius 3 is 3.11 bits per heavy atom. The molecule has 0 aliphatic carbocycles. The van der Waals surface area contributed by atoms with Crippen LogP contribution < -0.4 is 10.6 Å². The topological polar surface area (TPSA) is 41.1 Å². The van der Waals surface area contributed by atoms with E-state index in [0.717, 1.165) is 43.3 Å². The third-order valence-corrected chi connectivity index (χ3v) is 4.70. The van der Waals surface area contributed by atoms with Crippen molar-refractivity contribution in [2.24, 2.45) is 5.92 Å². The van der Waals surface area contributed by atoms with E-state index in [9.17, 15) is 4.79 Å². The van der Waals surface area contributed by atoms with Crippen LogP contribution in [-0.2, 0) is 6.42 Å². The molecular formula is C14H22N2OS. The molecule has 100 valence electrons. The Bertz CT molecular complexity index is 383. The predicted molar refractivity (Wildman–Crippen MR) is 76.2 cm³/mol. The van der Waals surface area contributed by atoms with Gasteiger partial charge in [0.1, 0.15) is 0 Å². The van der Waals surface area contributed by atoms with Crippen LogP contribution in [0.2, 0.25) is 0 Å². The molecule has 0 bridgehead atoms. The first-order valence-electron chi connectivity index (χ1n) is 6.87. The van der Waals surface area contributed by atoms with Gasteiger partial charge in [-0.2, -0.15) is 0 Å². The molecule has 2 rings (SSSR count). The van der Waals surface area contributed by atoms with Crippen molar-refractivity contribution in [1.82, 2.24) is 10.6 Å². The van der Waals surface area contributed by atoms with Gasteiger partial charge in [0.2, 0.25) is 0 Å². The number of rotatable bonds is 5. The lowest BCUT2D eigenvalue weighted by atomic mass is 9.96. The Morgan fingerprint density at radius 1 is 1.56 bits per heavy atom. The molecule has 3 nitrogen and oxygen atoms in total. The molecule has 18 heavy (non-hydrogen) atoms. The first kappa shape index (κ1) is 13.6. The Morgan fingerprint density at radius 2 is 2.44 bits per heavy atom. The first-order valence-corrected chi connectivity index (χ1v) is 7.69. The minimum absolute atomic E-state index is 0.0865. The van der Waals surface area contributed by atoms with Crippen molar-refractivity contribution in [3.05, 3.63) is 21.9 Å². The fourth-order valence-corrected chi connectivity index (χ4v) is 3.20. The lowest BCUT2D eigenvalue weighted by Gasteiger charge is -2.22. The molecular weight excluding hydrogens is 244 g/mol. The standard InChI is InChI=1S/C14H22N2OS/c1-2-12-5-6-13(18-12)14(17)16-9-7-11-4-3-8-15-10-11/h5-6,11,15H,2-4,7-10H2,1H3,(H,16,17). The van der Waals surface area contributed by atoms with Crippen molar-refractivity contribution >= 4 is 17.2 Å². The molecule has 4 heteroatoms. The van der Waals surface area contributed by atoms with Crippen molar-refractivity contribution in [2.75, 3.05) is 19.6 Å². The lowest BCUT2D eigenvalue weighted by molar-refractivity contribution is 0.0954. The van der Waals surface area contributed by atoms with Gasteiger partial charge in [0, 0.05) is 11.4 Å². The van der Waals surface area contributed by atoms with Crippen molar-refractivity contribution in [2.45, 2.75) is 32.6 Å². The van der Waals surface area contributed by atoms with E-state index in [2.05, 4.69) is 17.6 Å². The van der Waals surface area contributed by atoms with E-state index in [1.54, 1.807) is 11.3 Å². The number of piperidine rings is 1. The van der Waals surface area contributed by atoms with Crippen LogP contribution in [0.4, 0.5) is 0 Å². The van der Waals surface area contributed by atoms with Crippen molar-refractivity contribution in [3.8, 4) is 0 Å². The van der Waals surface area contributed by atoms with Gasteiger partial charge in [-0.1, -0.05) is 6.92 Å². The summed E-state index contributed by atoms with van der Waals surface area (Å²) in [5.74, 6) is 0.817. The van der Waals surface area contributed by atoms with Crippen LogP contribution in [0, 0.1) is 5.92 Å². The van der Waals surface area contributed by atoms with E-state index in [1.165, 1.54) is 17.7 Å². The molecule has 2 heterocycles. The van der Waals surface area contributed by atoms with E-state index in [0.29, 0.717) is 0 Å². The summed E-state index contributed by atoms with van der Waals surface area (Å²) in [5.41, 5.74) is 0. The second-order valence-electron chi connectivity index (χ2n) is 4.88. The molecule has 0 saturated carbocycles. The number of aryl methyl sites for hydroxylation is 1. The highest BCUT2D eigenvalue weighted by molar-refractivity contribution is 7.14. The number of carbonyl (C=O) groups excluding carboxylic acids is 1. The van der Waals surface area contributed by atoms with E-state index < -0.39 is 0 Å². The van der Waals surface area contributed by atoms with Gasteiger partial charge in [-0.3, -0.25) is 4.79 Å². The molecule has 0 aromatic carbocycles. The summed E-state index contributed by atoms with van der Waals surface area (Å²) < 4.78 is 0. The molecule has 2 N–H and O–H groups in total. The van der Waals surface area contributed by atoms with Gasteiger partial charge in [-0.15, -0.1) is 11.3 Å². The zero-order chi connectivity index (χ0) is 12.8. The smallest absolute Gasteiger partial charge is 0.261 e. The van der Waals surface area contributed by atoms with Gasteiger partial charge >= 0.3 is 0 Å². The van der Waals surface area contributed by atoms with Gasteiger partial charge < -0.3 is 10.6 Å². The normalized spacial score (nSPS) is 19.7. The van der Waals surface area contributed by atoms with Crippen LogP contribution in [0.5, 0.6) is 0 Å². The van der Waals surface area contributed by atoms with Crippen LogP contribution in [0.3, 0.4) is 0 Å². The van der Waals surface area contributed by atoms with Crippen LogP contribution in [0.25, 0.3) is 0 Å². The summed E-state index contributed by atoms with van der Waals surface area (Å²) in [6.45, 7) is 5.17. The second kappa shape index (κ2) is 6.90. The SMILES string of the molecule is CCc1ccc(C(=O)NCCC2CCCNC2)s1. The molecule has 1 fully saturated rings. The Hall–Kier alpha value is -0.870. The molecule has 1 aliphatic rings. The van der Waals surface area contributed by atoms with E-state index >= 15 is 0 Å². The quantitative estimate of drug-likeness (QED) is 0.859. The number of hydrogen-bond acceptors (Lipinski definition) is 3. The van der Waals surface area contributed by atoms with Crippen LogP contribution >= 0.6 is 11.3 Å². The number of thiophene rings is 1. The van der Waals surface area contributed by atoms with Crippen molar-refractivity contribution in [1.29, 1.82) is 0 Å². The molecule has 0 spiro atoms. The molecule has 1 saturated heterocycles. The summed E-state index contributed by atoms with van der Waals surface area (Å²) in [7, 11) is 0. The Balaban J connectivity index is 1.70. The van der Waals surface area contributed by atoms with Gasteiger partial charge in [-0.05, 0) is 56.8 Å². The summed E-state index contributed by atoms with van der Waals surface area (Å²) >= 11 is 1.60. The zero-order valence-electron chi connectivity index (χ0n) is 11.0. The minimum atomic E-state index is 0.0865. The Labute approximate surface area is 113 Å². The number of carbonyl (C=O) groups is 1. The molecule has 0 radical (unpaired) electrons. The van der Waals surface area contributed by atoms with E-state index in [-0.39, 0.29) is 5.91 Å². The van der Waals surface area contributed by atoms with Crippen molar-refractivity contribution < 1.29 is 4.79 Å². The molecule has 1 amide bonds. The second-order valence-corrected chi connectivity index (χ2v) is 6.04. The molecule has 1 aromatic heterocycles. The lowest BCUT2D eigenvalue weighted by Crippen LogP contribution is -2.33. The highest BCUT2D eigenvalue weighted by Crippen LogP contribution is 2.17. The maximum Gasteiger partial charge on any atom is 0.261 e.